The summed E-state index contributed by atoms with van der Waals surface area (Å²) in [6.45, 7) is 1.59. The third kappa shape index (κ3) is 2.78. The molecule has 2 aromatic carbocycles. The molecule has 1 unspecified atom stereocenters. The number of hydrogen-bond donors (Lipinski definition) is 2. The summed E-state index contributed by atoms with van der Waals surface area (Å²) in [4.78, 5) is 23.1. The second-order valence-corrected chi connectivity index (χ2v) is 4.42. The fourth-order valence-electron chi connectivity index (χ4n) is 1.86. The SMILES string of the molecule is COC(C)C(=O)Nc1cc2ccccc2cc1C(=O)O. The minimum absolute atomic E-state index is 0.0559. The number of rotatable bonds is 4. The first-order valence-electron chi connectivity index (χ1n) is 6.12. The average Bonchev–Trinajstić information content (AvgIpc) is 2.45. The molecule has 0 bridgehead atoms. The Morgan fingerprint density at radius 3 is 2.35 bits per heavy atom. The molecule has 1 atom stereocenters. The number of aromatic carboxylic acids is 1. The van der Waals surface area contributed by atoms with E-state index in [9.17, 15) is 14.7 Å². The molecule has 0 saturated heterocycles. The Balaban J connectivity index is 2.47. The molecule has 104 valence electrons. The van der Waals surface area contributed by atoms with Crippen molar-refractivity contribution in [3.63, 3.8) is 0 Å². The molecule has 2 rings (SSSR count). The van der Waals surface area contributed by atoms with Gasteiger partial charge in [-0.25, -0.2) is 4.79 Å². The third-order valence-corrected chi connectivity index (χ3v) is 3.10. The van der Waals surface area contributed by atoms with Gasteiger partial charge >= 0.3 is 5.97 Å². The Morgan fingerprint density at radius 2 is 1.80 bits per heavy atom. The van der Waals surface area contributed by atoms with Crippen molar-refractivity contribution in [3.8, 4) is 0 Å². The van der Waals surface area contributed by atoms with Gasteiger partial charge in [-0.1, -0.05) is 24.3 Å². The summed E-state index contributed by atoms with van der Waals surface area (Å²) in [5, 5.41) is 13.5. The average molecular weight is 273 g/mol. The Labute approximate surface area is 116 Å². The second-order valence-electron chi connectivity index (χ2n) is 4.42. The van der Waals surface area contributed by atoms with Crippen LogP contribution in [0.2, 0.25) is 0 Å². The van der Waals surface area contributed by atoms with Crippen LogP contribution in [-0.2, 0) is 9.53 Å². The lowest BCUT2D eigenvalue weighted by atomic mass is 10.0. The minimum Gasteiger partial charge on any atom is -0.478 e. The van der Waals surface area contributed by atoms with Crippen LogP contribution in [0.1, 0.15) is 17.3 Å². The fraction of sp³-hybridized carbons (Fsp3) is 0.200. The van der Waals surface area contributed by atoms with Gasteiger partial charge in [0.15, 0.2) is 0 Å². The highest BCUT2D eigenvalue weighted by Crippen LogP contribution is 2.24. The topological polar surface area (TPSA) is 75.6 Å². The van der Waals surface area contributed by atoms with Crippen LogP contribution in [0.15, 0.2) is 36.4 Å². The van der Waals surface area contributed by atoms with Crippen LogP contribution in [0, 0.1) is 0 Å². The molecule has 0 saturated carbocycles. The van der Waals surface area contributed by atoms with Crippen molar-refractivity contribution in [2.24, 2.45) is 0 Å². The lowest BCUT2D eigenvalue weighted by Gasteiger charge is -2.13. The van der Waals surface area contributed by atoms with E-state index in [1.54, 1.807) is 19.1 Å². The highest BCUT2D eigenvalue weighted by molar-refractivity contribution is 6.05. The lowest BCUT2D eigenvalue weighted by Crippen LogP contribution is -2.27. The molecule has 0 radical (unpaired) electrons. The Morgan fingerprint density at radius 1 is 1.20 bits per heavy atom. The molecule has 0 aliphatic carbocycles. The van der Waals surface area contributed by atoms with E-state index in [4.69, 9.17) is 4.74 Å². The van der Waals surface area contributed by atoms with Crippen LogP contribution in [0.3, 0.4) is 0 Å². The Hall–Kier alpha value is -2.40. The number of nitrogens with one attached hydrogen (secondary N) is 1. The summed E-state index contributed by atoms with van der Waals surface area (Å²) < 4.78 is 4.91. The van der Waals surface area contributed by atoms with E-state index in [1.807, 2.05) is 24.3 Å². The number of fused-ring (bicyclic) bond motifs is 1. The van der Waals surface area contributed by atoms with Gasteiger partial charge in [-0.15, -0.1) is 0 Å². The highest BCUT2D eigenvalue weighted by Gasteiger charge is 2.17. The van der Waals surface area contributed by atoms with Gasteiger partial charge in [-0.3, -0.25) is 4.79 Å². The zero-order valence-corrected chi connectivity index (χ0v) is 11.2. The summed E-state index contributed by atoms with van der Waals surface area (Å²) in [6, 6.07) is 10.6. The van der Waals surface area contributed by atoms with Crippen molar-refractivity contribution in [2.75, 3.05) is 12.4 Å². The number of benzene rings is 2. The van der Waals surface area contributed by atoms with E-state index in [-0.39, 0.29) is 17.2 Å². The molecule has 0 heterocycles. The van der Waals surface area contributed by atoms with Crippen LogP contribution in [0.5, 0.6) is 0 Å². The first-order chi connectivity index (χ1) is 9.52. The molecule has 1 amide bonds. The van der Waals surface area contributed by atoms with Crippen molar-refractivity contribution in [2.45, 2.75) is 13.0 Å². The van der Waals surface area contributed by atoms with E-state index in [2.05, 4.69) is 5.32 Å². The molecule has 0 aliphatic rings. The molecule has 2 N–H and O–H groups in total. The van der Waals surface area contributed by atoms with Gasteiger partial charge in [0.2, 0.25) is 0 Å². The molecular formula is C15H15NO4. The van der Waals surface area contributed by atoms with Gasteiger partial charge in [0.1, 0.15) is 6.10 Å². The van der Waals surface area contributed by atoms with Gasteiger partial charge in [0, 0.05) is 7.11 Å². The highest BCUT2D eigenvalue weighted by atomic mass is 16.5. The third-order valence-electron chi connectivity index (χ3n) is 3.10. The number of methoxy groups -OCH3 is 1. The predicted molar refractivity (Wildman–Crippen MR) is 76.0 cm³/mol. The van der Waals surface area contributed by atoms with Crippen LogP contribution in [0.25, 0.3) is 10.8 Å². The molecular weight excluding hydrogens is 258 g/mol. The van der Waals surface area contributed by atoms with Crippen LogP contribution >= 0.6 is 0 Å². The fourth-order valence-corrected chi connectivity index (χ4v) is 1.86. The number of carbonyl (C=O) groups excluding carboxylic acids is 1. The number of carboxylic acids is 1. The Bertz CT molecular complexity index is 666. The summed E-state index contributed by atoms with van der Waals surface area (Å²) in [5.41, 5.74) is 0.324. The number of amides is 1. The van der Waals surface area contributed by atoms with Crippen molar-refractivity contribution < 1.29 is 19.4 Å². The Kier molecular flexibility index (Phi) is 4.00. The van der Waals surface area contributed by atoms with Crippen LogP contribution in [-0.4, -0.2) is 30.2 Å². The number of anilines is 1. The first kappa shape index (κ1) is 14.0. The normalized spacial score (nSPS) is 12.1. The predicted octanol–water partition coefficient (Wildman–Crippen LogP) is 2.51. The molecule has 0 aliphatic heterocycles. The van der Waals surface area contributed by atoms with Gasteiger partial charge in [0.25, 0.3) is 5.91 Å². The zero-order chi connectivity index (χ0) is 14.7. The number of hydrogen-bond acceptors (Lipinski definition) is 3. The van der Waals surface area contributed by atoms with E-state index in [0.29, 0.717) is 0 Å². The monoisotopic (exact) mass is 273 g/mol. The van der Waals surface area contributed by atoms with Gasteiger partial charge in [-0.05, 0) is 29.8 Å². The molecule has 0 aromatic heterocycles. The molecule has 20 heavy (non-hydrogen) atoms. The zero-order valence-electron chi connectivity index (χ0n) is 11.2. The van der Waals surface area contributed by atoms with Crippen molar-refractivity contribution in [3.05, 3.63) is 42.0 Å². The molecule has 0 fully saturated rings. The maximum atomic E-state index is 11.8. The van der Waals surface area contributed by atoms with Crippen LogP contribution < -0.4 is 5.32 Å². The summed E-state index contributed by atoms with van der Waals surface area (Å²) in [7, 11) is 1.42. The van der Waals surface area contributed by atoms with Crippen molar-refractivity contribution >= 4 is 28.3 Å². The number of ether oxygens (including phenoxy) is 1. The number of carboxylic acid groups (broad SMARTS) is 1. The van der Waals surface area contributed by atoms with E-state index < -0.39 is 12.1 Å². The summed E-state index contributed by atoms with van der Waals surface area (Å²) in [5.74, 6) is -1.47. The van der Waals surface area contributed by atoms with Crippen molar-refractivity contribution in [1.29, 1.82) is 0 Å². The van der Waals surface area contributed by atoms with Crippen LogP contribution in [0.4, 0.5) is 5.69 Å². The van der Waals surface area contributed by atoms with E-state index in [1.165, 1.54) is 7.11 Å². The standard InChI is InChI=1S/C15H15NO4/c1-9(20-2)14(17)16-13-8-11-6-4-3-5-10(11)7-12(13)15(18)19/h3-9H,1-2H3,(H,16,17)(H,18,19). The molecule has 5 nitrogen and oxygen atoms in total. The molecule has 2 aromatic rings. The maximum absolute atomic E-state index is 11.8. The van der Waals surface area contributed by atoms with E-state index >= 15 is 0 Å². The molecule has 5 heteroatoms. The van der Waals surface area contributed by atoms with Gasteiger partial charge < -0.3 is 15.2 Å². The smallest absolute Gasteiger partial charge is 0.337 e. The van der Waals surface area contributed by atoms with Gasteiger partial charge in [-0.2, -0.15) is 0 Å². The van der Waals surface area contributed by atoms with Gasteiger partial charge in [0.05, 0.1) is 11.3 Å². The maximum Gasteiger partial charge on any atom is 0.337 e. The van der Waals surface area contributed by atoms with E-state index in [0.717, 1.165) is 10.8 Å². The summed E-state index contributed by atoms with van der Waals surface area (Å²) >= 11 is 0. The summed E-state index contributed by atoms with van der Waals surface area (Å²) in [6.07, 6.45) is -0.650. The second kappa shape index (κ2) is 5.71. The first-order valence-corrected chi connectivity index (χ1v) is 6.12. The quantitative estimate of drug-likeness (QED) is 0.897. The lowest BCUT2D eigenvalue weighted by molar-refractivity contribution is -0.124. The van der Waals surface area contributed by atoms with Crippen molar-refractivity contribution in [1.82, 2.24) is 0 Å². The molecule has 0 spiro atoms. The minimum atomic E-state index is -1.09. The number of carbonyl (C=O) groups is 2. The largest absolute Gasteiger partial charge is 0.478 e.